The SMILES string of the molecule is CCCCN(C(C)CC)C1CCC(=O)C1. The fourth-order valence-corrected chi connectivity index (χ4v) is 2.42. The first-order valence-corrected chi connectivity index (χ1v) is 6.46. The first-order chi connectivity index (χ1) is 7.19. The van der Waals surface area contributed by atoms with E-state index in [9.17, 15) is 4.79 Å². The van der Waals surface area contributed by atoms with Crippen LogP contribution in [0.1, 0.15) is 59.3 Å². The predicted molar refractivity (Wildman–Crippen MR) is 64.0 cm³/mol. The second-order valence-corrected chi connectivity index (χ2v) is 4.78. The maximum atomic E-state index is 11.3. The van der Waals surface area contributed by atoms with Gasteiger partial charge in [0.25, 0.3) is 0 Å². The molecule has 1 rings (SSSR count). The molecule has 0 aromatic rings. The number of rotatable bonds is 6. The highest BCUT2D eigenvalue weighted by atomic mass is 16.1. The van der Waals surface area contributed by atoms with E-state index in [0.717, 1.165) is 19.3 Å². The van der Waals surface area contributed by atoms with Gasteiger partial charge >= 0.3 is 0 Å². The summed E-state index contributed by atoms with van der Waals surface area (Å²) in [5.74, 6) is 0.463. The summed E-state index contributed by atoms with van der Waals surface area (Å²) < 4.78 is 0. The lowest BCUT2D eigenvalue weighted by Gasteiger charge is -2.33. The van der Waals surface area contributed by atoms with E-state index in [0.29, 0.717) is 17.9 Å². The molecule has 2 unspecified atom stereocenters. The van der Waals surface area contributed by atoms with Crippen molar-refractivity contribution in [2.24, 2.45) is 0 Å². The molecule has 0 bridgehead atoms. The van der Waals surface area contributed by atoms with E-state index in [2.05, 4.69) is 25.7 Å². The highest BCUT2D eigenvalue weighted by Gasteiger charge is 2.29. The molecule has 0 heterocycles. The van der Waals surface area contributed by atoms with E-state index in [1.807, 2.05) is 0 Å². The first-order valence-electron chi connectivity index (χ1n) is 6.46. The number of hydrogen-bond acceptors (Lipinski definition) is 2. The maximum absolute atomic E-state index is 11.3. The average Bonchev–Trinajstić information content (AvgIpc) is 2.65. The lowest BCUT2D eigenvalue weighted by molar-refractivity contribution is -0.117. The predicted octanol–water partition coefficient (Wildman–Crippen LogP) is 3.01. The molecule has 0 aromatic carbocycles. The van der Waals surface area contributed by atoms with Crippen LogP contribution in [-0.4, -0.2) is 29.3 Å². The van der Waals surface area contributed by atoms with Gasteiger partial charge in [0.2, 0.25) is 0 Å². The van der Waals surface area contributed by atoms with Crippen molar-refractivity contribution in [1.82, 2.24) is 4.90 Å². The third-order valence-electron chi connectivity index (χ3n) is 3.62. The minimum Gasteiger partial charge on any atom is -0.300 e. The Hall–Kier alpha value is -0.370. The van der Waals surface area contributed by atoms with Crippen LogP contribution < -0.4 is 0 Å². The van der Waals surface area contributed by atoms with Crippen LogP contribution in [0.3, 0.4) is 0 Å². The van der Waals surface area contributed by atoms with E-state index < -0.39 is 0 Å². The Labute approximate surface area is 94.0 Å². The summed E-state index contributed by atoms with van der Waals surface area (Å²) in [5.41, 5.74) is 0. The van der Waals surface area contributed by atoms with Crippen molar-refractivity contribution < 1.29 is 4.79 Å². The van der Waals surface area contributed by atoms with Crippen molar-refractivity contribution in [1.29, 1.82) is 0 Å². The second kappa shape index (κ2) is 6.26. The van der Waals surface area contributed by atoms with Gasteiger partial charge in [0.05, 0.1) is 0 Å². The molecule has 2 nitrogen and oxygen atoms in total. The van der Waals surface area contributed by atoms with Crippen LogP contribution in [0, 0.1) is 0 Å². The zero-order valence-electron chi connectivity index (χ0n) is 10.5. The largest absolute Gasteiger partial charge is 0.300 e. The summed E-state index contributed by atoms with van der Waals surface area (Å²) in [6.45, 7) is 7.93. The van der Waals surface area contributed by atoms with Gasteiger partial charge in [0.15, 0.2) is 0 Å². The Bertz CT molecular complexity index is 203. The minimum absolute atomic E-state index is 0.463. The van der Waals surface area contributed by atoms with Crippen LogP contribution in [0.5, 0.6) is 0 Å². The van der Waals surface area contributed by atoms with Crippen molar-refractivity contribution in [2.75, 3.05) is 6.54 Å². The zero-order chi connectivity index (χ0) is 11.3. The highest BCUT2D eigenvalue weighted by Crippen LogP contribution is 2.24. The lowest BCUT2D eigenvalue weighted by Crippen LogP contribution is -2.41. The number of ketones is 1. The second-order valence-electron chi connectivity index (χ2n) is 4.78. The molecule has 2 heteroatoms. The van der Waals surface area contributed by atoms with Gasteiger partial charge in [-0.15, -0.1) is 0 Å². The summed E-state index contributed by atoms with van der Waals surface area (Å²) in [4.78, 5) is 13.9. The van der Waals surface area contributed by atoms with Crippen LogP contribution >= 0.6 is 0 Å². The molecule has 1 aliphatic carbocycles. The lowest BCUT2D eigenvalue weighted by atomic mass is 10.1. The van der Waals surface area contributed by atoms with Gasteiger partial charge in [-0.2, -0.15) is 0 Å². The topological polar surface area (TPSA) is 20.3 Å². The summed E-state index contributed by atoms with van der Waals surface area (Å²) in [6.07, 6.45) is 6.39. The van der Waals surface area contributed by atoms with Gasteiger partial charge in [-0.1, -0.05) is 20.3 Å². The molecule has 0 amide bonds. The van der Waals surface area contributed by atoms with Crippen molar-refractivity contribution in [3.05, 3.63) is 0 Å². The van der Waals surface area contributed by atoms with Crippen molar-refractivity contribution in [3.8, 4) is 0 Å². The monoisotopic (exact) mass is 211 g/mol. The van der Waals surface area contributed by atoms with Gasteiger partial charge in [-0.3, -0.25) is 9.69 Å². The molecule has 0 aliphatic heterocycles. The van der Waals surface area contributed by atoms with Gasteiger partial charge < -0.3 is 0 Å². The average molecular weight is 211 g/mol. The standard InChI is InChI=1S/C13H25NO/c1-4-6-9-14(11(3)5-2)12-7-8-13(15)10-12/h11-12H,4-10H2,1-3H3. The number of hydrogen-bond donors (Lipinski definition) is 0. The van der Waals surface area contributed by atoms with Gasteiger partial charge in [0, 0.05) is 24.9 Å². The zero-order valence-corrected chi connectivity index (χ0v) is 10.5. The molecule has 0 spiro atoms. The molecule has 88 valence electrons. The smallest absolute Gasteiger partial charge is 0.134 e. The van der Waals surface area contributed by atoms with Gasteiger partial charge in [-0.25, -0.2) is 0 Å². The molecular weight excluding hydrogens is 186 g/mol. The number of carbonyl (C=O) groups excluding carboxylic acids is 1. The van der Waals surface area contributed by atoms with Crippen LogP contribution in [0.15, 0.2) is 0 Å². The van der Waals surface area contributed by atoms with Crippen molar-refractivity contribution in [3.63, 3.8) is 0 Å². The summed E-state index contributed by atoms with van der Waals surface area (Å²) in [6, 6.07) is 1.17. The molecule has 1 fully saturated rings. The van der Waals surface area contributed by atoms with Crippen LogP contribution in [0.25, 0.3) is 0 Å². The molecule has 0 aromatic heterocycles. The summed E-state index contributed by atoms with van der Waals surface area (Å²) in [7, 11) is 0. The number of carbonyl (C=O) groups is 1. The molecule has 2 atom stereocenters. The van der Waals surface area contributed by atoms with Crippen molar-refractivity contribution >= 4 is 5.78 Å². The molecule has 15 heavy (non-hydrogen) atoms. The molecule has 1 saturated carbocycles. The van der Waals surface area contributed by atoms with E-state index in [1.165, 1.54) is 25.8 Å². The number of Topliss-reactive ketones (excluding diaryl/α,β-unsaturated/α-hetero) is 1. The summed E-state index contributed by atoms with van der Waals surface area (Å²) in [5, 5.41) is 0. The normalized spacial score (nSPS) is 23.7. The molecule has 0 radical (unpaired) electrons. The van der Waals surface area contributed by atoms with Gasteiger partial charge in [-0.05, 0) is 32.7 Å². The molecule has 1 aliphatic rings. The van der Waals surface area contributed by atoms with Crippen LogP contribution in [0.2, 0.25) is 0 Å². The Morgan fingerprint density at radius 1 is 1.47 bits per heavy atom. The summed E-state index contributed by atoms with van der Waals surface area (Å²) >= 11 is 0. The molecule has 0 N–H and O–H groups in total. The van der Waals surface area contributed by atoms with E-state index in [1.54, 1.807) is 0 Å². The first kappa shape index (κ1) is 12.7. The Kier molecular flexibility index (Phi) is 5.30. The minimum atomic E-state index is 0.463. The van der Waals surface area contributed by atoms with Crippen LogP contribution in [0.4, 0.5) is 0 Å². The Morgan fingerprint density at radius 3 is 2.67 bits per heavy atom. The Morgan fingerprint density at radius 2 is 2.20 bits per heavy atom. The number of unbranched alkanes of at least 4 members (excludes halogenated alkanes) is 1. The highest BCUT2D eigenvalue weighted by molar-refractivity contribution is 5.81. The molecule has 0 saturated heterocycles. The quantitative estimate of drug-likeness (QED) is 0.673. The third kappa shape index (κ3) is 3.60. The fourth-order valence-electron chi connectivity index (χ4n) is 2.42. The fraction of sp³-hybridized carbons (Fsp3) is 0.923. The van der Waals surface area contributed by atoms with E-state index >= 15 is 0 Å². The third-order valence-corrected chi connectivity index (χ3v) is 3.62. The van der Waals surface area contributed by atoms with Crippen LogP contribution in [-0.2, 0) is 4.79 Å². The number of nitrogens with zero attached hydrogens (tertiary/aromatic N) is 1. The molecular formula is C13H25NO. The van der Waals surface area contributed by atoms with Gasteiger partial charge in [0.1, 0.15) is 5.78 Å². The maximum Gasteiger partial charge on any atom is 0.134 e. The van der Waals surface area contributed by atoms with E-state index in [-0.39, 0.29) is 0 Å². The Balaban J connectivity index is 2.50. The van der Waals surface area contributed by atoms with E-state index in [4.69, 9.17) is 0 Å². The van der Waals surface area contributed by atoms with Crippen molar-refractivity contribution in [2.45, 2.75) is 71.4 Å².